The Labute approximate surface area is 109 Å². The molecule has 0 amide bonds. The first-order valence-corrected chi connectivity index (χ1v) is 6.95. The summed E-state index contributed by atoms with van der Waals surface area (Å²) in [6, 6.07) is 2.08. The molecule has 2 aliphatic rings. The van der Waals surface area contributed by atoms with Gasteiger partial charge in [0.15, 0.2) is 0 Å². The third kappa shape index (κ3) is 2.15. The van der Waals surface area contributed by atoms with E-state index in [2.05, 4.69) is 23.0 Å². The molecule has 0 aromatic carbocycles. The zero-order valence-electron chi connectivity index (χ0n) is 11.1. The minimum absolute atomic E-state index is 0.108. The van der Waals surface area contributed by atoms with E-state index in [0.717, 1.165) is 25.2 Å². The summed E-state index contributed by atoms with van der Waals surface area (Å²) in [5.41, 5.74) is 7.19. The lowest BCUT2D eigenvalue weighted by Crippen LogP contribution is -2.31. The van der Waals surface area contributed by atoms with E-state index in [4.69, 9.17) is 10.7 Å². The third-order valence-corrected chi connectivity index (χ3v) is 4.44. The van der Waals surface area contributed by atoms with Gasteiger partial charge in [-0.15, -0.1) is 0 Å². The molecule has 2 N–H and O–H groups in total. The Hall–Kier alpha value is -1.00. The first-order chi connectivity index (χ1) is 8.73. The van der Waals surface area contributed by atoms with Gasteiger partial charge in [0.2, 0.25) is 0 Å². The van der Waals surface area contributed by atoms with Crippen molar-refractivity contribution >= 4 is 0 Å². The number of piperidine rings is 1. The summed E-state index contributed by atoms with van der Waals surface area (Å²) in [7, 11) is 2.19. The molecule has 1 aliphatic heterocycles. The van der Waals surface area contributed by atoms with Gasteiger partial charge in [-0.2, -0.15) is 0 Å². The monoisotopic (exact) mass is 246 g/mol. The van der Waals surface area contributed by atoms with Crippen LogP contribution in [0.25, 0.3) is 0 Å². The zero-order chi connectivity index (χ0) is 12.6. The molecule has 4 heteroatoms. The average Bonchev–Trinajstić information content (AvgIpc) is 3.20. The van der Waals surface area contributed by atoms with Gasteiger partial charge in [0.25, 0.3) is 0 Å². The van der Waals surface area contributed by atoms with E-state index in [1.54, 1.807) is 0 Å². The summed E-state index contributed by atoms with van der Waals surface area (Å²) in [5, 5.41) is 0. The molecule has 1 atom stereocenters. The fraction of sp³-hybridized carbons (Fsp3) is 0.714. The Morgan fingerprint density at radius 2 is 2.33 bits per heavy atom. The Kier molecular flexibility index (Phi) is 3.08. The van der Waals surface area contributed by atoms with Crippen molar-refractivity contribution in [2.24, 2.45) is 5.73 Å². The highest BCUT2D eigenvalue weighted by molar-refractivity contribution is 5.21. The summed E-state index contributed by atoms with van der Waals surface area (Å²) in [6.45, 7) is 3.01. The molecule has 3 rings (SSSR count). The molecule has 1 aromatic heterocycles. The highest BCUT2D eigenvalue weighted by atomic mass is 15.1. The van der Waals surface area contributed by atoms with Gasteiger partial charge < -0.3 is 10.6 Å². The molecule has 1 saturated heterocycles. The summed E-state index contributed by atoms with van der Waals surface area (Å²) < 4.78 is 0. The molecule has 1 aromatic rings. The predicted molar refractivity (Wildman–Crippen MR) is 71.5 cm³/mol. The Morgan fingerprint density at radius 1 is 1.50 bits per heavy atom. The maximum atomic E-state index is 5.86. The van der Waals surface area contributed by atoms with Crippen LogP contribution in [0, 0.1) is 0 Å². The van der Waals surface area contributed by atoms with Gasteiger partial charge in [-0.05, 0) is 45.3 Å². The molecule has 0 radical (unpaired) electrons. The SMILES string of the molecule is CN1CCCC(c2ccnc(C3(CN)CC3)n2)C1. The number of likely N-dealkylation sites (N-methyl/N-ethyl adjacent to an activating group) is 1. The van der Waals surface area contributed by atoms with Crippen molar-refractivity contribution in [1.82, 2.24) is 14.9 Å². The molecular weight excluding hydrogens is 224 g/mol. The van der Waals surface area contributed by atoms with Crippen LogP contribution in [0.15, 0.2) is 12.3 Å². The zero-order valence-corrected chi connectivity index (χ0v) is 11.1. The highest BCUT2D eigenvalue weighted by Crippen LogP contribution is 2.45. The lowest BCUT2D eigenvalue weighted by molar-refractivity contribution is 0.248. The van der Waals surface area contributed by atoms with E-state index >= 15 is 0 Å². The molecule has 1 unspecified atom stereocenters. The summed E-state index contributed by atoms with van der Waals surface area (Å²) >= 11 is 0. The van der Waals surface area contributed by atoms with Crippen molar-refractivity contribution in [3.63, 3.8) is 0 Å². The van der Waals surface area contributed by atoms with Crippen LogP contribution in [0.1, 0.15) is 43.1 Å². The number of hydrogen-bond acceptors (Lipinski definition) is 4. The van der Waals surface area contributed by atoms with Crippen LogP contribution < -0.4 is 5.73 Å². The van der Waals surface area contributed by atoms with E-state index in [1.165, 1.54) is 25.1 Å². The summed E-state index contributed by atoms with van der Waals surface area (Å²) in [5.74, 6) is 1.55. The maximum absolute atomic E-state index is 5.86. The Balaban J connectivity index is 1.82. The maximum Gasteiger partial charge on any atom is 0.135 e. The van der Waals surface area contributed by atoms with Crippen LogP contribution in [0.3, 0.4) is 0 Å². The van der Waals surface area contributed by atoms with Crippen molar-refractivity contribution in [3.05, 3.63) is 23.8 Å². The molecule has 0 bridgehead atoms. The highest BCUT2D eigenvalue weighted by Gasteiger charge is 2.45. The molecular formula is C14H22N4. The Morgan fingerprint density at radius 3 is 3.00 bits per heavy atom. The first kappa shape index (κ1) is 12.1. The van der Waals surface area contributed by atoms with E-state index in [-0.39, 0.29) is 5.41 Å². The van der Waals surface area contributed by atoms with Gasteiger partial charge >= 0.3 is 0 Å². The lowest BCUT2D eigenvalue weighted by atomic mass is 9.94. The fourth-order valence-corrected chi connectivity index (χ4v) is 2.93. The largest absolute Gasteiger partial charge is 0.329 e. The first-order valence-electron chi connectivity index (χ1n) is 6.95. The van der Waals surface area contributed by atoms with Crippen LogP contribution in [-0.4, -0.2) is 41.5 Å². The van der Waals surface area contributed by atoms with E-state index < -0.39 is 0 Å². The smallest absolute Gasteiger partial charge is 0.135 e. The Bertz CT molecular complexity index is 428. The van der Waals surface area contributed by atoms with Gasteiger partial charge in [-0.25, -0.2) is 9.97 Å². The van der Waals surface area contributed by atoms with E-state index in [1.807, 2.05) is 6.20 Å². The third-order valence-electron chi connectivity index (χ3n) is 4.44. The van der Waals surface area contributed by atoms with Crippen molar-refractivity contribution in [2.75, 3.05) is 26.7 Å². The standard InChI is InChI=1S/C14H22N4/c1-18-8-2-3-11(9-18)12-4-7-16-13(17-12)14(10-15)5-6-14/h4,7,11H,2-3,5-6,8-10,15H2,1H3. The molecule has 4 nitrogen and oxygen atoms in total. The minimum Gasteiger partial charge on any atom is -0.329 e. The second-order valence-corrected chi connectivity index (χ2v) is 5.89. The number of nitrogens with two attached hydrogens (primary N) is 1. The van der Waals surface area contributed by atoms with Gasteiger partial charge in [-0.1, -0.05) is 0 Å². The number of nitrogens with zero attached hydrogens (tertiary/aromatic N) is 3. The second kappa shape index (κ2) is 4.59. The molecule has 1 saturated carbocycles. The molecule has 98 valence electrons. The number of hydrogen-bond donors (Lipinski definition) is 1. The molecule has 0 spiro atoms. The van der Waals surface area contributed by atoms with Crippen LogP contribution in [0.5, 0.6) is 0 Å². The van der Waals surface area contributed by atoms with Crippen molar-refractivity contribution < 1.29 is 0 Å². The van der Waals surface area contributed by atoms with Crippen LogP contribution >= 0.6 is 0 Å². The van der Waals surface area contributed by atoms with Crippen molar-refractivity contribution in [3.8, 4) is 0 Å². The quantitative estimate of drug-likeness (QED) is 0.873. The number of rotatable bonds is 3. The normalized spacial score (nSPS) is 27.1. The summed E-state index contributed by atoms with van der Waals surface area (Å²) in [4.78, 5) is 11.7. The fourth-order valence-electron chi connectivity index (χ4n) is 2.93. The summed E-state index contributed by atoms with van der Waals surface area (Å²) in [6.07, 6.45) is 6.73. The molecule has 18 heavy (non-hydrogen) atoms. The van der Waals surface area contributed by atoms with Gasteiger partial charge in [0, 0.05) is 36.3 Å². The van der Waals surface area contributed by atoms with Crippen molar-refractivity contribution in [2.45, 2.75) is 37.0 Å². The molecule has 1 aliphatic carbocycles. The van der Waals surface area contributed by atoms with Gasteiger partial charge in [-0.3, -0.25) is 0 Å². The topological polar surface area (TPSA) is 55.0 Å². The van der Waals surface area contributed by atoms with Crippen molar-refractivity contribution in [1.29, 1.82) is 0 Å². The predicted octanol–water partition coefficient (Wildman–Crippen LogP) is 1.28. The van der Waals surface area contributed by atoms with E-state index in [9.17, 15) is 0 Å². The average molecular weight is 246 g/mol. The van der Waals surface area contributed by atoms with Crippen LogP contribution in [0.2, 0.25) is 0 Å². The van der Waals surface area contributed by atoms with E-state index in [0.29, 0.717) is 12.5 Å². The van der Waals surface area contributed by atoms with Crippen LogP contribution in [-0.2, 0) is 5.41 Å². The molecule has 2 fully saturated rings. The number of likely N-dealkylation sites (tertiary alicyclic amines) is 1. The minimum atomic E-state index is 0.108. The van der Waals surface area contributed by atoms with Gasteiger partial charge in [0.1, 0.15) is 5.82 Å². The molecule has 2 heterocycles. The lowest BCUT2D eigenvalue weighted by Gasteiger charge is -2.29. The second-order valence-electron chi connectivity index (χ2n) is 5.89. The number of aromatic nitrogens is 2. The van der Waals surface area contributed by atoms with Crippen LogP contribution in [0.4, 0.5) is 0 Å². The van der Waals surface area contributed by atoms with Gasteiger partial charge in [0.05, 0.1) is 0 Å².